The molecule has 1 rings (SSSR count). The molecule has 1 amide bonds. The highest BCUT2D eigenvalue weighted by Crippen LogP contribution is 2.13. The number of hydrogen-bond donors (Lipinski definition) is 1. The fourth-order valence-electron chi connectivity index (χ4n) is 1.53. The van der Waals surface area contributed by atoms with Crippen molar-refractivity contribution in [1.29, 1.82) is 0 Å². The summed E-state index contributed by atoms with van der Waals surface area (Å²) >= 11 is 0. The summed E-state index contributed by atoms with van der Waals surface area (Å²) in [6, 6.07) is 7.60. The fourth-order valence-corrected chi connectivity index (χ4v) is 1.53. The van der Waals surface area contributed by atoms with E-state index in [-0.39, 0.29) is 11.9 Å². The number of nitrogens with one attached hydrogen (secondary N) is 1. The zero-order valence-corrected chi connectivity index (χ0v) is 11.4. The van der Waals surface area contributed by atoms with Crippen molar-refractivity contribution in [2.24, 2.45) is 0 Å². The van der Waals surface area contributed by atoms with Crippen LogP contribution in [-0.2, 0) is 9.53 Å². The second kappa shape index (κ2) is 7.01. The average Bonchev–Trinajstić information content (AvgIpc) is 2.32. The summed E-state index contributed by atoms with van der Waals surface area (Å²) in [4.78, 5) is 11.8. The van der Waals surface area contributed by atoms with Gasteiger partial charge in [-0.1, -0.05) is 17.7 Å². The van der Waals surface area contributed by atoms with Crippen molar-refractivity contribution in [3.05, 3.63) is 29.8 Å². The topological polar surface area (TPSA) is 47.6 Å². The van der Waals surface area contributed by atoms with Crippen LogP contribution in [0.15, 0.2) is 24.3 Å². The van der Waals surface area contributed by atoms with E-state index >= 15 is 0 Å². The Bertz CT molecular complexity index is 375. The summed E-state index contributed by atoms with van der Waals surface area (Å²) in [7, 11) is 1.61. The highest BCUT2D eigenvalue weighted by Gasteiger charge is 2.16. The van der Waals surface area contributed by atoms with E-state index < -0.39 is 6.10 Å². The van der Waals surface area contributed by atoms with Gasteiger partial charge < -0.3 is 14.8 Å². The molecule has 0 aliphatic carbocycles. The summed E-state index contributed by atoms with van der Waals surface area (Å²) in [6.45, 7) is 6.12. The first-order chi connectivity index (χ1) is 8.52. The number of benzene rings is 1. The Morgan fingerprint density at radius 2 is 1.89 bits per heavy atom. The zero-order valence-electron chi connectivity index (χ0n) is 11.4. The van der Waals surface area contributed by atoms with Crippen LogP contribution in [0.3, 0.4) is 0 Å². The normalized spacial score (nSPS) is 13.8. The Hall–Kier alpha value is -1.55. The maximum atomic E-state index is 11.8. The molecule has 0 spiro atoms. The number of carbonyl (C=O) groups is 1. The van der Waals surface area contributed by atoms with E-state index in [4.69, 9.17) is 9.47 Å². The lowest BCUT2D eigenvalue weighted by Gasteiger charge is -2.18. The Kier molecular flexibility index (Phi) is 5.65. The lowest BCUT2D eigenvalue weighted by Crippen LogP contribution is -2.43. The van der Waals surface area contributed by atoms with Crippen LogP contribution in [0.4, 0.5) is 0 Å². The first-order valence-corrected chi connectivity index (χ1v) is 6.05. The predicted octanol–water partition coefficient (Wildman–Crippen LogP) is 1.91. The van der Waals surface area contributed by atoms with Gasteiger partial charge in [-0.05, 0) is 32.9 Å². The molecule has 0 fully saturated rings. The van der Waals surface area contributed by atoms with E-state index in [9.17, 15) is 4.79 Å². The van der Waals surface area contributed by atoms with Crippen LogP contribution >= 0.6 is 0 Å². The molecule has 2 atom stereocenters. The summed E-state index contributed by atoms with van der Waals surface area (Å²) in [5, 5.41) is 2.82. The lowest BCUT2D eigenvalue weighted by molar-refractivity contribution is -0.128. The number of methoxy groups -OCH3 is 1. The maximum absolute atomic E-state index is 11.8. The summed E-state index contributed by atoms with van der Waals surface area (Å²) in [5.74, 6) is 0.558. The Morgan fingerprint density at radius 1 is 1.28 bits per heavy atom. The zero-order chi connectivity index (χ0) is 13.5. The van der Waals surface area contributed by atoms with Crippen molar-refractivity contribution in [1.82, 2.24) is 5.32 Å². The largest absolute Gasteiger partial charge is 0.481 e. The van der Waals surface area contributed by atoms with Crippen LogP contribution in [0.2, 0.25) is 0 Å². The molecule has 0 heterocycles. The summed E-state index contributed by atoms with van der Waals surface area (Å²) in [5.41, 5.74) is 1.16. The van der Waals surface area contributed by atoms with E-state index in [1.807, 2.05) is 38.1 Å². The number of hydrogen-bond acceptors (Lipinski definition) is 3. The minimum Gasteiger partial charge on any atom is -0.481 e. The molecule has 1 aromatic rings. The van der Waals surface area contributed by atoms with Crippen LogP contribution in [0.5, 0.6) is 5.75 Å². The molecule has 0 aliphatic rings. The number of rotatable bonds is 6. The standard InChI is InChI=1S/C14H21NO3/c1-10-5-7-13(8-6-10)18-12(3)14(16)15-11(2)9-17-4/h5-8,11-12H,9H2,1-4H3,(H,15,16)/t11-,12+/m0/s1. The quantitative estimate of drug-likeness (QED) is 0.840. The second-order valence-electron chi connectivity index (χ2n) is 4.44. The SMILES string of the molecule is COC[C@H](C)NC(=O)[C@@H](C)Oc1ccc(C)cc1. The molecule has 0 unspecified atom stereocenters. The molecular formula is C14H21NO3. The molecule has 0 radical (unpaired) electrons. The van der Waals surface area contributed by atoms with Crippen LogP contribution < -0.4 is 10.1 Å². The van der Waals surface area contributed by atoms with Gasteiger partial charge in [0.2, 0.25) is 0 Å². The number of aryl methyl sites for hydroxylation is 1. The van der Waals surface area contributed by atoms with E-state index in [0.717, 1.165) is 5.56 Å². The number of ether oxygens (including phenoxy) is 2. The Morgan fingerprint density at radius 3 is 2.44 bits per heavy atom. The van der Waals surface area contributed by atoms with Gasteiger partial charge in [-0.2, -0.15) is 0 Å². The molecule has 0 saturated carbocycles. The Balaban J connectivity index is 2.46. The van der Waals surface area contributed by atoms with Gasteiger partial charge in [0.25, 0.3) is 5.91 Å². The first-order valence-electron chi connectivity index (χ1n) is 6.05. The molecule has 4 heteroatoms. The van der Waals surface area contributed by atoms with E-state index in [1.54, 1.807) is 14.0 Å². The third-order valence-electron chi connectivity index (χ3n) is 2.51. The second-order valence-corrected chi connectivity index (χ2v) is 4.44. The summed E-state index contributed by atoms with van der Waals surface area (Å²) < 4.78 is 10.5. The van der Waals surface area contributed by atoms with Crippen LogP contribution in [-0.4, -0.2) is 31.8 Å². The van der Waals surface area contributed by atoms with Crippen molar-refractivity contribution in [2.45, 2.75) is 32.9 Å². The third kappa shape index (κ3) is 4.75. The fraction of sp³-hybridized carbons (Fsp3) is 0.500. The molecule has 1 N–H and O–H groups in total. The molecule has 0 bridgehead atoms. The van der Waals surface area contributed by atoms with E-state index in [1.165, 1.54) is 0 Å². The van der Waals surface area contributed by atoms with Crippen molar-refractivity contribution in [3.8, 4) is 5.75 Å². The van der Waals surface area contributed by atoms with Gasteiger partial charge in [0, 0.05) is 13.2 Å². The van der Waals surface area contributed by atoms with Gasteiger partial charge in [0.15, 0.2) is 6.10 Å². The molecular weight excluding hydrogens is 230 g/mol. The third-order valence-corrected chi connectivity index (χ3v) is 2.51. The van der Waals surface area contributed by atoms with Gasteiger partial charge >= 0.3 is 0 Å². The van der Waals surface area contributed by atoms with Crippen LogP contribution in [0.25, 0.3) is 0 Å². The monoisotopic (exact) mass is 251 g/mol. The molecule has 0 aromatic heterocycles. The predicted molar refractivity (Wildman–Crippen MR) is 70.7 cm³/mol. The smallest absolute Gasteiger partial charge is 0.261 e. The molecule has 100 valence electrons. The number of amides is 1. The van der Waals surface area contributed by atoms with E-state index in [2.05, 4.69) is 5.32 Å². The number of carbonyl (C=O) groups excluding carboxylic acids is 1. The van der Waals surface area contributed by atoms with Crippen LogP contribution in [0, 0.1) is 6.92 Å². The van der Waals surface area contributed by atoms with E-state index in [0.29, 0.717) is 12.4 Å². The van der Waals surface area contributed by atoms with Gasteiger partial charge in [-0.25, -0.2) is 0 Å². The molecule has 4 nitrogen and oxygen atoms in total. The van der Waals surface area contributed by atoms with Gasteiger partial charge in [-0.3, -0.25) is 4.79 Å². The highest BCUT2D eigenvalue weighted by molar-refractivity contribution is 5.80. The summed E-state index contributed by atoms with van der Waals surface area (Å²) in [6.07, 6.45) is -0.521. The molecule has 18 heavy (non-hydrogen) atoms. The van der Waals surface area contributed by atoms with Gasteiger partial charge in [0.1, 0.15) is 5.75 Å². The minimum atomic E-state index is -0.521. The van der Waals surface area contributed by atoms with Crippen molar-refractivity contribution < 1.29 is 14.3 Å². The maximum Gasteiger partial charge on any atom is 0.261 e. The van der Waals surface area contributed by atoms with Crippen molar-refractivity contribution in [2.75, 3.05) is 13.7 Å². The molecule has 0 saturated heterocycles. The highest BCUT2D eigenvalue weighted by atomic mass is 16.5. The minimum absolute atomic E-state index is 0.0217. The molecule has 1 aromatic carbocycles. The Labute approximate surface area is 108 Å². The van der Waals surface area contributed by atoms with Gasteiger partial charge in [-0.15, -0.1) is 0 Å². The average molecular weight is 251 g/mol. The van der Waals surface area contributed by atoms with Crippen molar-refractivity contribution >= 4 is 5.91 Å². The first kappa shape index (κ1) is 14.5. The molecule has 0 aliphatic heterocycles. The van der Waals surface area contributed by atoms with Crippen molar-refractivity contribution in [3.63, 3.8) is 0 Å². The van der Waals surface area contributed by atoms with Gasteiger partial charge in [0.05, 0.1) is 6.61 Å². The lowest BCUT2D eigenvalue weighted by atomic mass is 10.2. The van der Waals surface area contributed by atoms with Crippen LogP contribution in [0.1, 0.15) is 19.4 Å².